The van der Waals surface area contributed by atoms with Gasteiger partial charge in [-0.2, -0.15) is 0 Å². The van der Waals surface area contributed by atoms with E-state index >= 15 is 0 Å². The van der Waals surface area contributed by atoms with Crippen LogP contribution in [0.3, 0.4) is 0 Å². The quantitative estimate of drug-likeness (QED) is 0.706. The Labute approximate surface area is 125 Å². The highest BCUT2D eigenvalue weighted by molar-refractivity contribution is 5.82. The maximum atomic E-state index is 6.38. The van der Waals surface area contributed by atoms with Crippen molar-refractivity contribution in [3.05, 3.63) is 83.9 Å². The summed E-state index contributed by atoms with van der Waals surface area (Å²) in [6, 6.07) is 24.4. The van der Waals surface area contributed by atoms with E-state index in [9.17, 15) is 0 Å². The van der Waals surface area contributed by atoms with Gasteiger partial charge in [-0.1, -0.05) is 66.7 Å². The smallest absolute Gasteiger partial charge is 0.0450 e. The molecule has 0 saturated carbocycles. The Morgan fingerprint density at radius 3 is 1.95 bits per heavy atom. The second kappa shape index (κ2) is 5.71. The summed E-state index contributed by atoms with van der Waals surface area (Å²) < 4.78 is 0. The standard InChI is InChI=1S/C19H18N2/c20-18-12-11-16(15-9-5-2-6-10-15)19(21)17(18)13-14-7-3-1-4-8-14/h1-12H,13,20-21H2. The molecule has 0 aliphatic heterocycles. The molecule has 0 aliphatic rings. The molecule has 104 valence electrons. The number of hydrogen-bond donors (Lipinski definition) is 2. The van der Waals surface area contributed by atoms with Gasteiger partial charge in [-0.15, -0.1) is 0 Å². The SMILES string of the molecule is Nc1ccc(-c2ccccc2)c(N)c1Cc1ccccc1. The lowest BCUT2D eigenvalue weighted by Gasteiger charge is -2.14. The van der Waals surface area contributed by atoms with E-state index in [0.717, 1.165) is 34.5 Å². The lowest BCUT2D eigenvalue weighted by atomic mass is 9.95. The minimum absolute atomic E-state index is 0.746. The van der Waals surface area contributed by atoms with E-state index in [1.165, 1.54) is 5.56 Å². The molecule has 2 heteroatoms. The Bertz CT molecular complexity index is 734. The first-order valence-electron chi connectivity index (χ1n) is 7.02. The average Bonchev–Trinajstić information content (AvgIpc) is 2.53. The molecule has 0 heterocycles. The van der Waals surface area contributed by atoms with Crippen LogP contribution in [-0.2, 0) is 6.42 Å². The number of anilines is 2. The normalized spacial score (nSPS) is 10.5. The zero-order chi connectivity index (χ0) is 14.7. The molecule has 2 nitrogen and oxygen atoms in total. The van der Waals surface area contributed by atoms with Gasteiger partial charge in [0.1, 0.15) is 0 Å². The van der Waals surface area contributed by atoms with Crippen LogP contribution in [0.4, 0.5) is 11.4 Å². The Morgan fingerprint density at radius 1 is 0.667 bits per heavy atom. The molecule has 0 bridgehead atoms. The molecule has 3 aromatic carbocycles. The van der Waals surface area contributed by atoms with Crippen LogP contribution >= 0.6 is 0 Å². The van der Waals surface area contributed by atoms with Crippen molar-refractivity contribution in [2.75, 3.05) is 11.5 Å². The molecule has 0 aliphatic carbocycles. The Kier molecular flexibility index (Phi) is 3.61. The van der Waals surface area contributed by atoms with Crippen molar-refractivity contribution in [1.29, 1.82) is 0 Å². The molecule has 0 radical (unpaired) electrons. The number of nitrogens with two attached hydrogens (primary N) is 2. The van der Waals surface area contributed by atoms with Gasteiger partial charge >= 0.3 is 0 Å². The predicted molar refractivity (Wildman–Crippen MR) is 90.0 cm³/mol. The van der Waals surface area contributed by atoms with Crippen molar-refractivity contribution in [1.82, 2.24) is 0 Å². The first-order valence-corrected chi connectivity index (χ1v) is 7.02. The van der Waals surface area contributed by atoms with E-state index in [-0.39, 0.29) is 0 Å². The van der Waals surface area contributed by atoms with Gasteiger partial charge in [-0.25, -0.2) is 0 Å². The van der Waals surface area contributed by atoms with Crippen LogP contribution in [0.25, 0.3) is 11.1 Å². The molecule has 3 aromatic rings. The van der Waals surface area contributed by atoms with E-state index < -0.39 is 0 Å². The molecular weight excluding hydrogens is 256 g/mol. The Hall–Kier alpha value is -2.74. The van der Waals surface area contributed by atoms with Crippen LogP contribution in [0.2, 0.25) is 0 Å². The van der Waals surface area contributed by atoms with Crippen molar-refractivity contribution >= 4 is 11.4 Å². The molecule has 4 N–H and O–H groups in total. The van der Waals surface area contributed by atoms with Crippen molar-refractivity contribution in [3.8, 4) is 11.1 Å². The Balaban J connectivity index is 2.05. The van der Waals surface area contributed by atoms with Gasteiger partial charge in [0.05, 0.1) is 0 Å². The molecule has 0 fully saturated rings. The van der Waals surface area contributed by atoms with Crippen LogP contribution in [0.15, 0.2) is 72.8 Å². The minimum Gasteiger partial charge on any atom is -0.398 e. The van der Waals surface area contributed by atoms with Crippen molar-refractivity contribution in [3.63, 3.8) is 0 Å². The largest absolute Gasteiger partial charge is 0.398 e. The third-order valence-corrected chi connectivity index (χ3v) is 3.70. The van der Waals surface area contributed by atoms with Crippen molar-refractivity contribution in [2.24, 2.45) is 0 Å². The summed E-state index contributed by atoms with van der Waals surface area (Å²) >= 11 is 0. The highest BCUT2D eigenvalue weighted by Crippen LogP contribution is 2.33. The summed E-state index contributed by atoms with van der Waals surface area (Å²) in [5, 5.41) is 0. The van der Waals surface area contributed by atoms with Crippen LogP contribution < -0.4 is 11.5 Å². The molecule has 0 aromatic heterocycles. The van der Waals surface area contributed by atoms with Gasteiger partial charge in [-0.3, -0.25) is 0 Å². The third kappa shape index (κ3) is 2.75. The Morgan fingerprint density at radius 2 is 1.29 bits per heavy atom. The topological polar surface area (TPSA) is 52.0 Å². The highest BCUT2D eigenvalue weighted by atomic mass is 14.6. The summed E-state index contributed by atoms with van der Waals surface area (Å²) in [5.74, 6) is 0. The molecule has 3 rings (SSSR count). The molecule has 0 amide bonds. The molecule has 0 spiro atoms. The molecular formula is C19H18N2. The van der Waals surface area contributed by atoms with Gasteiger partial charge in [0.2, 0.25) is 0 Å². The fourth-order valence-electron chi connectivity index (χ4n) is 2.55. The van der Waals surface area contributed by atoms with Crippen molar-refractivity contribution < 1.29 is 0 Å². The molecule has 0 atom stereocenters. The summed E-state index contributed by atoms with van der Waals surface area (Å²) in [6.45, 7) is 0. The van der Waals surface area contributed by atoms with E-state index in [4.69, 9.17) is 11.5 Å². The first-order chi connectivity index (χ1) is 10.3. The van der Waals surface area contributed by atoms with Crippen LogP contribution in [0.5, 0.6) is 0 Å². The lowest BCUT2D eigenvalue weighted by Crippen LogP contribution is -2.03. The number of nitrogen functional groups attached to an aromatic ring is 2. The van der Waals surface area contributed by atoms with E-state index in [2.05, 4.69) is 24.3 Å². The summed E-state index contributed by atoms with van der Waals surface area (Å²) in [4.78, 5) is 0. The maximum absolute atomic E-state index is 6.38. The zero-order valence-corrected chi connectivity index (χ0v) is 11.8. The fourth-order valence-corrected chi connectivity index (χ4v) is 2.55. The zero-order valence-electron chi connectivity index (χ0n) is 11.8. The third-order valence-electron chi connectivity index (χ3n) is 3.70. The highest BCUT2D eigenvalue weighted by Gasteiger charge is 2.11. The van der Waals surface area contributed by atoms with Crippen LogP contribution in [0, 0.1) is 0 Å². The number of rotatable bonds is 3. The number of hydrogen-bond acceptors (Lipinski definition) is 2. The monoisotopic (exact) mass is 274 g/mol. The van der Waals surface area contributed by atoms with E-state index in [1.54, 1.807) is 0 Å². The minimum atomic E-state index is 0.746. The maximum Gasteiger partial charge on any atom is 0.0450 e. The van der Waals surface area contributed by atoms with E-state index in [0.29, 0.717) is 0 Å². The second-order valence-corrected chi connectivity index (χ2v) is 5.12. The summed E-state index contributed by atoms with van der Waals surface area (Å²) in [6.07, 6.45) is 0.749. The summed E-state index contributed by atoms with van der Waals surface area (Å²) in [7, 11) is 0. The molecule has 0 saturated heterocycles. The van der Waals surface area contributed by atoms with Gasteiger partial charge in [0, 0.05) is 28.9 Å². The first kappa shape index (κ1) is 13.3. The lowest BCUT2D eigenvalue weighted by molar-refractivity contribution is 1.20. The van der Waals surface area contributed by atoms with Gasteiger partial charge < -0.3 is 11.5 Å². The van der Waals surface area contributed by atoms with Gasteiger partial charge in [0.25, 0.3) is 0 Å². The second-order valence-electron chi connectivity index (χ2n) is 5.12. The predicted octanol–water partition coefficient (Wildman–Crippen LogP) is 4.11. The molecule has 0 unspecified atom stereocenters. The van der Waals surface area contributed by atoms with Crippen LogP contribution in [0.1, 0.15) is 11.1 Å². The van der Waals surface area contributed by atoms with Crippen molar-refractivity contribution in [2.45, 2.75) is 6.42 Å². The molecule has 21 heavy (non-hydrogen) atoms. The average molecular weight is 274 g/mol. The van der Waals surface area contributed by atoms with E-state index in [1.807, 2.05) is 48.5 Å². The van der Waals surface area contributed by atoms with Gasteiger partial charge in [0.15, 0.2) is 0 Å². The summed E-state index contributed by atoms with van der Waals surface area (Å²) in [5.41, 5.74) is 18.4. The van der Waals surface area contributed by atoms with Gasteiger partial charge in [-0.05, 0) is 17.2 Å². The van der Waals surface area contributed by atoms with Crippen LogP contribution in [-0.4, -0.2) is 0 Å². The fraction of sp³-hybridized carbons (Fsp3) is 0.0526. The number of benzene rings is 3.